The van der Waals surface area contributed by atoms with Crippen LogP contribution in [0.2, 0.25) is 0 Å². The van der Waals surface area contributed by atoms with Crippen molar-refractivity contribution in [2.45, 2.75) is 19.4 Å². The molecule has 0 spiro atoms. The predicted octanol–water partition coefficient (Wildman–Crippen LogP) is 2.25. The molecule has 3 aromatic rings. The first-order chi connectivity index (χ1) is 12.1. The van der Waals surface area contributed by atoms with Crippen molar-refractivity contribution in [3.63, 3.8) is 0 Å². The third-order valence-electron chi connectivity index (χ3n) is 3.98. The number of aromatic nitrogens is 2. The van der Waals surface area contributed by atoms with Crippen LogP contribution in [0.25, 0.3) is 16.7 Å². The molecule has 25 heavy (non-hydrogen) atoms. The monoisotopic (exact) mass is 337 g/mol. The van der Waals surface area contributed by atoms with E-state index >= 15 is 0 Å². The number of nitrogens with zero attached hydrogens (tertiary/aromatic N) is 2. The van der Waals surface area contributed by atoms with Crippen molar-refractivity contribution in [3.8, 4) is 5.82 Å². The summed E-state index contributed by atoms with van der Waals surface area (Å²) in [7, 11) is 1.31. The van der Waals surface area contributed by atoms with Crippen LogP contribution in [0.5, 0.6) is 0 Å². The maximum absolute atomic E-state index is 12.0. The average Bonchev–Trinajstić information content (AvgIpc) is 2.99. The Morgan fingerprint density at radius 2 is 1.96 bits per heavy atom. The van der Waals surface area contributed by atoms with Gasteiger partial charge in [0.1, 0.15) is 11.9 Å². The van der Waals surface area contributed by atoms with Crippen molar-refractivity contribution >= 4 is 22.8 Å². The van der Waals surface area contributed by atoms with Gasteiger partial charge < -0.3 is 14.6 Å². The fourth-order valence-corrected chi connectivity index (χ4v) is 2.90. The lowest BCUT2D eigenvalue weighted by Crippen LogP contribution is -2.41. The second-order valence-corrected chi connectivity index (χ2v) is 5.71. The second-order valence-electron chi connectivity index (χ2n) is 5.71. The lowest BCUT2D eigenvalue weighted by Gasteiger charge is -2.14. The van der Waals surface area contributed by atoms with E-state index in [4.69, 9.17) is 4.74 Å². The molecule has 1 amide bonds. The summed E-state index contributed by atoms with van der Waals surface area (Å²) in [6, 6.07) is 12.9. The zero-order chi connectivity index (χ0) is 17.8. The van der Waals surface area contributed by atoms with Crippen LogP contribution in [0.15, 0.2) is 54.9 Å². The van der Waals surface area contributed by atoms with Gasteiger partial charge in [0, 0.05) is 31.1 Å². The van der Waals surface area contributed by atoms with Crippen LogP contribution in [0.3, 0.4) is 0 Å². The minimum Gasteiger partial charge on any atom is -0.467 e. The van der Waals surface area contributed by atoms with E-state index in [-0.39, 0.29) is 5.91 Å². The van der Waals surface area contributed by atoms with E-state index in [1.165, 1.54) is 14.0 Å². The quantitative estimate of drug-likeness (QED) is 0.725. The van der Waals surface area contributed by atoms with Gasteiger partial charge in [0.2, 0.25) is 5.91 Å². The summed E-state index contributed by atoms with van der Waals surface area (Å²) in [6.07, 6.45) is 4.02. The summed E-state index contributed by atoms with van der Waals surface area (Å²) in [6.45, 7) is 1.38. The standard InChI is InChI=1S/C19H19N3O3/c1-13(23)21-16(19(24)25-2)11-14-12-22(18-9-5-6-10-20-18)17-8-4-3-7-15(14)17/h3-10,12,16H,11H2,1-2H3,(H,21,23)/t16-/m0/s1. The first-order valence-electron chi connectivity index (χ1n) is 7.95. The number of carbonyl (C=O) groups excluding carboxylic acids is 2. The van der Waals surface area contributed by atoms with Gasteiger partial charge in [0.25, 0.3) is 0 Å². The number of pyridine rings is 1. The lowest BCUT2D eigenvalue weighted by atomic mass is 10.1. The van der Waals surface area contributed by atoms with Gasteiger partial charge in [-0.2, -0.15) is 0 Å². The largest absolute Gasteiger partial charge is 0.467 e. The molecule has 0 saturated carbocycles. The highest BCUT2D eigenvalue weighted by Gasteiger charge is 2.23. The van der Waals surface area contributed by atoms with Crippen LogP contribution in [0.4, 0.5) is 0 Å². The number of hydrogen-bond donors (Lipinski definition) is 1. The number of fused-ring (bicyclic) bond motifs is 1. The molecule has 1 atom stereocenters. The Kier molecular flexibility index (Phi) is 4.79. The van der Waals surface area contributed by atoms with Gasteiger partial charge in [-0.1, -0.05) is 24.3 Å². The Balaban J connectivity index is 2.04. The molecule has 1 aromatic carbocycles. The number of hydrogen-bond acceptors (Lipinski definition) is 4. The van der Waals surface area contributed by atoms with E-state index in [0.29, 0.717) is 6.42 Å². The molecule has 128 valence electrons. The zero-order valence-corrected chi connectivity index (χ0v) is 14.1. The van der Waals surface area contributed by atoms with Crippen molar-refractivity contribution in [1.82, 2.24) is 14.9 Å². The number of ether oxygens (including phenoxy) is 1. The highest BCUT2D eigenvalue weighted by atomic mass is 16.5. The van der Waals surface area contributed by atoms with Crippen LogP contribution in [0, 0.1) is 0 Å². The summed E-state index contributed by atoms with van der Waals surface area (Å²) in [5, 5.41) is 3.66. The molecule has 0 aliphatic carbocycles. The highest BCUT2D eigenvalue weighted by molar-refractivity contribution is 5.88. The van der Waals surface area contributed by atoms with E-state index in [2.05, 4.69) is 10.3 Å². The van der Waals surface area contributed by atoms with Gasteiger partial charge >= 0.3 is 5.97 Å². The van der Waals surface area contributed by atoms with Crippen molar-refractivity contribution in [2.75, 3.05) is 7.11 Å². The van der Waals surface area contributed by atoms with E-state index in [1.807, 2.05) is 53.2 Å². The van der Waals surface area contributed by atoms with E-state index in [9.17, 15) is 9.59 Å². The van der Waals surface area contributed by atoms with Crippen LogP contribution in [0.1, 0.15) is 12.5 Å². The van der Waals surface area contributed by atoms with E-state index in [0.717, 1.165) is 22.3 Å². The molecule has 6 heteroatoms. The average molecular weight is 337 g/mol. The summed E-state index contributed by atoms with van der Waals surface area (Å²) in [5.74, 6) is 0.0489. The SMILES string of the molecule is COC(=O)[C@H](Cc1cn(-c2ccccn2)c2ccccc12)NC(C)=O. The topological polar surface area (TPSA) is 73.2 Å². The molecule has 0 aliphatic rings. The predicted molar refractivity (Wildman–Crippen MR) is 94.4 cm³/mol. The summed E-state index contributed by atoms with van der Waals surface area (Å²) in [4.78, 5) is 27.8. The van der Waals surface area contributed by atoms with Gasteiger partial charge in [-0.25, -0.2) is 9.78 Å². The van der Waals surface area contributed by atoms with Gasteiger partial charge in [0.05, 0.1) is 12.6 Å². The zero-order valence-electron chi connectivity index (χ0n) is 14.1. The first-order valence-corrected chi connectivity index (χ1v) is 7.95. The molecule has 0 unspecified atom stereocenters. The summed E-state index contributed by atoms with van der Waals surface area (Å²) in [5.41, 5.74) is 1.92. The third kappa shape index (κ3) is 3.52. The fraction of sp³-hybridized carbons (Fsp3) is 0.211. The van der Waals surface area contributed by atoms with Crippen molar-refractivity contribution in [2.24, 2.45) is 0 Å². The molecule has 0 bridgehead atoms. The van der Waals surface area contributed by atoms with Crippen LogP contribution < -0.4 is 5.32 Å². The maximum atomic E-state index is 12.0. The smallest absolute Gasteiger partial charge is 0.328 e. The Morgan fingerprint density at radius 1 is 1.20 bits per heavy atom. The molecule has 6 nitrogen and oxygen atoms in total. The van der Waals surface area contributed by atoms with Crippen molar-refractivity contribution < 1.29 is 14.3 Å². The minimum absolute atomic E-state index is 0.274. The van der Waals surface area contributed by atoms with Gasteiger partial charge in [0.15, 0.2) is 0 Å². The lowest BCUT2D eigenvalue weighted by molar-refractivity contribution is -0.144. The number of methoxy groups -OCH3 is 1. The molecule has 0 radical (unpaired) electrons. The maximum Gasteiger partial charge on any atom is 0.328 e. The number of para-hydroxylation sites is 1. The number of esters is 1. The molecular weight excluding hydrogens is 318 g/mol. The Labute approximate surface area is 145 Å². The number of carbonyl (C=O) groups is 2. The van der Waals surface area contributed by atoms with Gasteiger partial charge in [-0.3, -0.25) is 4.79 Å². The van der Waals surface area contributed by atoms with Gasteiger partial charge in [-0.05, 0) is 23.8 Å². The van der Waals surface area contributed by atoms with E-state index in [1.54, 1.807) is 6.20 Å². The fourth-order valence-electron chi connectivity index (χ4n) is 2.90. The molecule has 2 heterocycles. The Bertz CT molecular complexity index is 903. The summed E-state index contributed by atoms with van der Waals surface area (Å²) < 4.78 is 6.80. The number of rotatable bonds is 5. The molecule has 0 fully saturated rings. The Morgan fingerprint density at radius 3 is 2.64 bits per heavy atom. The van der Waals surface area contributed by atoms with Crippen LogP contribution in [-0.2, 0) is 20.7 Å². The first kappa shape index (κ1) is 16.7. The minimum atomic E-state index is -0.731. The number of benzene rings is 1. The Hall–Kier alpha value is -3.15. The normalized spacial score (nSPS) is 11.9. The van der Waals surface area contributed by atoms with E-state index < -0.39 is 12.0 Å². The van der Waals surface area contributed by atoms with Crippen molar-refractivity contribution in [3.05, 3.63) is 60.4 Å². The van der Waals surface area contributed by atoms with Crippen LogP contribution >= 0.6 is 0 Å². The number of nitrogens with one attached hydrogen (secondary N) is 1. The van der Waals surface area contributed by atoms with Crippen molar-refractivity contribution in [1.29, 1.82) is 0 Å². The summed E-state index contributed by atoms with van der Waals surface area (Å²) >= 11 is 0. The highest BCUT2D eigenvalue weighted by Crippen LogP contribution is 2.25. The number of amides is 1. The third-order valence-corrected chi connectivity index (χ3v) is 3.98. The molecule has 0 aliphatic heterocycles. The molecular formula is C19H19N3O3. The van der Waals surface area contributed by atoms with Crippen LogP contribution in [-0.4, -0.2) is 34.6 Å². The second kappa shape index (κ2) is 7.17. The van der Waals surface area contributed by atoms with Gasteiger partial charge in [-0.15, -0.1) is 0 Å². The molecule has 0 saturated heterocycles. The molecule has 2 aromatic heterocycles. The molecule has 1 N–H and O–H groups in total. The molecule has 3 rings (SSSR count).